The van der Waals surface area contributed by atoms with E-state index in [-0.39, 0.29) is 11.8 Å². The van der Waals surface area contributed by atoms with E-state index in [0.717, 1.165) is 24.0 Å². The lowest BCUT2D eigenvalue weighted by Gasteiger charge is -2.41. The summed E-state index contributed by atoms with van der Waals surface area (Å²) in [6.07, 6.45) is 2.10. The number of nitrogens with zero attached hydrogens (tertiary/aromatic N) is 1. The van der Waals surface area contributed by atoms with E-state index >= 15 is 0 Å². The lowest BCUT2D eigenvalue weighted by atomic mass is 9.88. The van der Waals surface area contributed by atoms with Crippen molar-refractivity contribution >= 4 is 11.8 Å². The number of hydrogen-bond acceptors (Lipinski definition) is 5. The molecule has 2 aliphatic rings. The van der Waals surface area contributed by atoms with Gasteiger partial charge >= 0.3 is 0 Å². The molecule has 1 saturated heterocycles. The molecule has 0 saturated carbocycles. The van der Waals surface area contributed by atoms with Crippen molar-refractivity contribution in [3.63, 3.8) is 0 Å². The van der Waals surface area contributed by atoms with Crippen molar-refractivity contribution in [1.82, 2.24) is 10.4 Å². The first-order valence-corrected chi connectivity index (χ1v) is 10.6. The second-order valence-electron chi connectivity index (χ2n) is 8.52. The normalized spacial score (nSPS) is 21.5. The van der Waals surface area contributed by atoms with E-state index in [1.807, 2.05) is 23.1 Å². The largest absolute Gasteiger partial charge is 0.491 e. The van der Waals surface area contributed by atoms with Crippen LogP contribution in [0.15, 0.2) is 48.5 Å². The number of hydrogen-bond donors (Lipinski definition) is 2. The van der Waals surface area contributed by atoms with Gasteiger partial charge in [-0.1, -0.05) is 36.4 Å². The zero-order chi connectivity index (χ0) is 21.8. The summed E-state index contributed by atoms with van der Waals surface area (Å²) in [5.41, 5.74) is 3.36. The van der Waals surface area contributed by atoms with Gasteiger partial charge in [0.2, 0.25) is 5.91 Å². The summed E-state index contributed by atoms with van der Waals surface area (Å²) in [7, 11) is 0. The molecule has 0 spiro atoms. The molecule has 0 aromatic heterocycles. The molecular formula is C24H28N2O5. The highest BCUT2D eigenvalue weighted by molar-refractivity contribution is 5.93. The Bertz CT molecular complexity index is 942. The Morgan fingerprint density at radius 2 is 1.90 bits per heavy atom. The Morgan fingerprint density at radius 3 is 2.61 bits per heavy atom. The number of rotatable bonds is 4. The molecule has 0 bridgehead atoms. The van der Waals surface area contributed by atoms with E-state index in [1.165, 1.54) is 0 Å². The molecule has 2 heterocycles. The van der Waals surface area contributed by atoms with Gasteiger partial charge in [0, 0.05) is 30.3 Å². The number of carbonyl (C=O) groups excluding carboxylic acids is 2. The van der Waals surface area contributed by atoms with E-state index in [0.29, 0.717) is 44.1 Å². The van der Waals surface area contributed by atoms with Gasteiger partial charge in [0.25, 0.3) is 5.91 Å². The topological polar surface area (TPSA) is 88.1 Å². The molecule has 2 N–H and O–H groups in total. The molecule has 0 radical (unpaired) electrons. The van der Waals surface area contributed by atoms with Crippen molar-refractivity contribution < 1.29 is 24.3 Å². The Kier molecular flexibility index (Phi) is 6.25. The van der Waals surface area contributed by atoms with Crippen LogP contribution in [0.25, 0.3) is 0 Å². The molecule has 31 heavy (non-hydrogen) atoms. The Balaban J connectivity index is 1.68. The first-order valence-electron chi connectivity index (χ1n) is 10.6. The standard InChI is InChI=1S/C24H28N2O5/c1-24(14-17-5-3-2-4-6-17)16-31-21-13-19(22(27)25-29)7-8-20(21)15-26(24)23(28)18-9-11-30-12-10-18/h2-8,13,18,29H,9-12,14-16H2,1H3,(H,25,27)/t24-/m0/s1. The summed E-state index contributed by atoms with van der Waals surface area (Å²) in [6, 6.07) is 15.1. The van der Waals surface area contributed by atoms with Gasteiger partial charge in [0.1, 0.15) is 12.4 Å². The molecule has 164 valence electrons. The third kappa shape index (κ3) is 4.57. The van der Waals surface area contributed by atoms with E-state index in [9.17, 15) is 9.59 Å². The Morgan fingerprint density at radius 1 is 1.16 bits per heavy atom. The number of benzene rings is 2. The minimum Gasteiger partial charge on any atom is -0.491 e. The zero-order valence-corrected chi connectivity index (χ0v) is 17.7. The minimum absolute atomic E-state index is 0.0650. The van der Waals surface area contributed by atoms with Gasteiger partial charge in [-0.25, -0.2) is 5.48 Å². The van der Waals surface area contributed by atoms with E-state index in [1.54, 1.807) is 23.7 Å². The number of ether oxygens (including phenoxy) is 2. The number of carbonyl (C=O) groups is 2. The summed E-state index contributed by atoms with van der Waals surface area (Å²) in [5, 5.41) is 8.95. The van der Waals surface area contributed by atoms with Crippen molar-refractivity contribution in [2.75, 3.05) is 19.8 Å². The van der Waals surface area contributed by atoms with Crippen LogP contribution in [0.4, 0.5) is 0 Å². The number of hydroxylamine groups is 1. The maximum absolute atomic E-state index is 13.7. The quantitative estimate of drug-likeness (QED) is 0.582. The second-order valence-corrected chi connectivity index (χ2v) is 8.52. The Hall–Kier alpha value is -2.90. The first kappa shape index (κ1) is 21.3. The third-order valence-electron chi connectivity index (χ3n) is 6.21. The predicted molar refractivity (Wildman–Crippen MR) is 114 cm³/mol. The molecule has 0 unspecified atom stereocenters. The fourth-order valence-corrected chi connectivity index (χ4v) is 4.39. The van der Waals surface area contributed by atoms with Crippen LogP contribution in [0.3, 0.4) is 0 Å². The lowest BCUT2D eigenvalue weighted by Crippen LogP contribution is -2.55. The summed E-state index contributed by atoms with van der Waals surface area (Å²) in [5.74, 6) is 0.0145. The molecule has 7 heteroatoms. The molecule has 0 aliphatic carbocycles. The van der Waals surface area contributed by atoms with Gasteiger partial charge in [-0.3, -0.25) is 14.8 Å². The highest BCUT2D eigenvalue weighted by Crippen LogP contribution is 2.35. The molecule has 2 amide bonds. The average Bonchev–Trinajstić information content (AvgIpc) is 2.95. The van der Waals surface area contributed by atoms with E-state index in [4.69, 9.17) is 14.7 Å². The highest BCUT2D eigenvalue weighted by Gasteiger charge is 2.41. The fourth-order valence-electron chi connectivity index (χ4n) is 4.39. The maximum Gasteiger partial charge on any atom is 0.274 e. The molecule has 1 atom stereocenters. The molecule has 4 rings (SSSR count). The molecule has 2 aromatic rings. The number of fused-ring (bicyclic) bond motifs is 1. The van der Waals surface area contributed by atoms with Crippen LogP contribution in [0.1, 0.15) is 41.3 Å². The lowest BCUT2D eigenvalue weighted by molar-refractivity contribution is -0.146. The van der Waals surface area contributed by atoms with Crippen LogP contribution in [-0.2, 0) is 22.5 Å². The number of amides is 2. The van der Waals surface area contributed by atoms with Gasteiger partial charge < -0.3 is 14.4 Å². The molecule has 7 nitrogen and oxygen atoms in total. The summed E-state index contributed by atoms with van der Waals surface area (Å²) in [6.45, 7) is 3.97. The maximum atomic E-state index is 13.7. The predicted octanol–water partition coefficient (Wildman–Crippen LogP) is 2.95. The highest BCUT2D eigenvalue weighted by atomic mass is 16.5. The van der Waals surface area contributed by atoms with Gasteiger partial charge in [-0.05, 0) is 43.9 Å². The van der Waals surface area contributed by atoms with Crippen LogP contribution in [0.5, 0.6) is 5.75 Å². The van der Waals surface area contributed by atoms with Crippen molar-refractivity contribution in [1.29, 1.82) is 0 Å². The summed E-state index contributed by atoms with van der Waals surface area (Å²) >= 11 is 0. The average molecular weight is 424 g/mol. The Labute approximate surface area is 181 Å². The second kappa shape index (κ2) is 9.08. The molecule has 2 aromatic carbocycles. The van der Waals surface area contributed by atoms with Crippen molar-refractivity contribution in [2.45, 2.75) is 38.3 Å². The third-order valence-corrected chi connectivity index (χ3v) is 6.21. The van der Waals surface area contributed by atoms with E-state index in [2.05, 4.69) is 19.1 Å². The SMILES string of the molecule is C[C@]1(Cc2ccccc2)COc2cc(C(=O)NO)ccc2CN1C(=O)C1CCOCC1. The van der Waals surface area contributed by atoms with Crippen molar-refractivity contribution in [3.05, 3.63) is 65.2 Å². The smallest absolute Gasteiger partial charge is 0.274 e. The van der Waals surface area contributed by atoms with Crippen LogP contribution >= 0.6 is 0 Å². The minimum atomic E-state index is -0.599. The van der Waals surface area contributed by atoms with Crippen molar-refractivity contribution in [3.8, 4) is 5.75 Å². The molecule has 1 fully saturated rings. The zero-order valence-electron chi connectivity index (χ0n) is 17.7. The van der Waals surface area contributed by atoms with Crippen LogP contribution in [-0.4, -0.2) is 47.3 Å². The van der Waals surface area contributed by atoms with Gasteiger partial charge in [-0.2, -0.15) is 0 Å². The molecule has 2 aliphatic heterocycles. The number of nitrogens with one attached hydrogen (secondary N) is 1. The van der Waals surface area contributed by atoms with Crippen LogP contribution in [0.2, 0.25) is 0 Å². The van der Waals surface area contributed by atoms with Crippen LogP contribution < -0.4 is 10.2 Å². The first-order chi connectivity index (χ1) is 15.0. The monoisotopic (exact) mass is 424 g/mol. The fraction of sp³-hybridized carbons (Fsp3) is 0.417. The van der Waals surface area contributed by atoms with Gasteiger partial charge in [-0.15, -0.1) is 0 Å². The van der Waals surface area contributed by atoms with Gasteiger partial charge in [0.05, 0.1) is 12.1 Å². The van der Waals surface area contributed by atoms with Gasteiger partial charge in [0.15, 0.2) is 0 Å². The summed E-state index contributed by atoms with van der Waals surface area (Å²) in [4.78, 5) is 27.5. The van der Waals surface area contributed by atoms with Crippen LogP contribution in [0, 0.1) is 5.92 Å². The molecular weight excluding hydrogens is 396 g/mol. The van der Waals surface area contributed by atoms with E-state index < -0.39 is 11.4 Å². The summed E-state index contributed by atoms with van der Waals surface area (Å²) < 4.78 is 11.6. The van der Waals surface area contributed by atoms with Crippen molar-refractivity contribution in [2.24, 2.45) is 5.92 Å².